The Morgan fingerprint density at radius 2 is 1.91 bits per heavy atom. The molecule has 0 unspecified atom stereocenters. The molecule has 1 N–H and O–H groups in total. The molecule has 1 fully saturated rings. The number of amides is 1. The number of hydrogen-bond donors (Lipinski definition) is 1. The maximum Gasteiger partial charge on any atom is 0.281 e. The number of carbonyl (C=O) groups is 1. The Balaban J connectivity index is 1.39. The zero-order valence-electron chi connectivity index (χ0n) is 17.9. The van der Waals surface area contributed by atoms with E-state index in [2.05, 4.69) is 15.3 Å². The molecule has 2 aromatic carbocycles. The minimum absolute atomic E-state index is 0.0563. The second kappa shape index (κ2) is 9.15. The molecule has 0 bridgehead atoms. The molecule has 0 spiro atoms. The number of H-pyrrole nitrogens is 1. The van der Waals surface area contributed by atoms with Gasteiger partial charge in [0.2, 0.25) is 5.91 Å². The Morgan fingerprint density at radius 3 is 2.73 bits per heavy atom. The average Bonchev–Trinajstić information content (AvgIpc) is 3.24. The Kier molecular flexibility index (Phi) is 5.92. The summed E-state index contributed by atoms with van der Waals surface area (Å²) in [5, 5.41) is 8.77. The van der Waals surface area contributed by atoms with Gasteiger partial charge in [0.15, 0.2) is 11.2 Å². The van der Waals surface area contributed by atoms with E-state index in [1.165, 1.54) is 0 Å². The molecule has 0 aliphatic carbocycles. The van der Waals surface area contributed by atoms with E-state index >= 15 is 0 Å². The van der Waals surface area contributed by atoms with Crippen molar-refractivity contribution in [1.82, 2.24) is 29.9 Å². The molecule has 5 rings (SSSR count). The average molecular weight is 463 g/mol. The first-order valence-corrected chi connectivity index (χ1v) is 11.3. The van der Waals surface area contributed by atoms with Crippen LogP contribution in [0.25, 0.3) is 11.2 Å². The molecular formula is C24H23ClN6O2. The van der Waals surface area contributed by atoms with E-state index in [0.717, 1.165) is 24.0 Å². The lowest BCUT2D eigenvalue weighted by molar-refractivity contribution is -0.131. The molecule has 2 aromatic heterocycles. The summed E-state index contributed by atoms with van der Waals surface area (Å²) in [5.41, 5.74) is 2.14. The van der Waals surface area contributed by atoms with Gasteiger partial charge in [-0.3, -0.25) is 9.59 Å². The van der Waals surface area contributed by atoms with Crippen LogP contribution in [0.15, 0.2) is 59.4 Å². The highest BCUT2D eigenvalue weighted by Crippen LogP contribution is 2.25. The van der Waals surface area contributed by atoms with Crippen LogP contribution < -0.4 is 5.56 Å². The number of hydrogen-bond acceptors (Lipinski definition) is 5. The summed E-state index contributed by atoms with van der Waals surface area (Å²) in [5.74, 6) is 0.589. The molecule has 33 heavy (non-hydrogen) atoms. The Hall–Kier alpha value is -3.52. The highest BCUT2D eigenvalue weighted by molar-refractivity contribution is 6.31. The maximum atomic E-state index is 12.9. The first-order chi connectivity index (χ1) is 16.1. The molecule has 168 valence electrons. The number of carbonyl (C=O) groups excluding carboxylic acids is 1. The standard InChI is InChI=1S/C24H23ClN6O2/c25-19-11-5-4-9-17(19)15-31-23-21(28-29-31)24(33)27-22(26-23)18-10-6-12-30(14-18)20(32)13-16-7-2-1-3-8-16/h1-5,7-9,11,18H,6,10,12-15H2,(H,26,27,33)/t18-/m0/s1. The summed E-state index contributed by atoms with van der Waals surface area (Å²) in [4.78, 5) is 35.0. The zero-order chi connectivity index (χ0) is 22.8. The van der Waals surface area contributed by atoms with Crippen LogP contribution in [0.3, 0.4) is 0 Å². The van der Waals surface area contributed by atoms with Gasteiger partial charge in [-0.2, -0.15) is 0 Å². The Morgan fingerprint density at radius 1 is 1.12 bits per heavy atom. The summed E-state index contributed by atoms with van der Waals surface area (Å²) >= 11 is 6.29. The molecule has 0 radical (unpaired) electrons. The molecule has 4 aromatic rings. The Bertz CT molecular complexity index is 1350. The second-order valence-corrected chi connectivity index (χ2v) is 8.71. The van der Waals surface area contributed by atoms with E-state index in [4.69, 9.17) is 16.6 Å². The van der Waals surface area contributed by atoms with Crippen molar-refractivity contribution in [3.63, 3.8) is 0 Å². The van der Waals surface area contributed by atoms with E-state index in [1.54, 1.807) is 4.68 Å². The van der Waals surface area contributed by atoms with Crippen LogP contribution in [0, 0.1) is 0 Å². The molecule has 0 saturated carbocycles. The summed E-state index contributed by atoms with van der Waals surface area (Å²) in [6.07, 6.45) is 2.06. The summed E-state index contributed by atoms with van der Waals surface area (Å²) < 4.78 is 1.59. The molecule has 1 aliphatic rings. The van der Waals surface area contributed by atoms with Crippen molar-refractivity contribution in [1.29, 1.82) is 0 Å². The molecular weight excluding hydrogens is 440 g/mol. The minimum atomic E-state index is -0.326. The second-order valence-electron chi connectivity index (χ2n) is 8.30. The SMILES string of the molecule is O=C(Cc1ccccc1)N1CCC[C@H](c2nc3c(nnn3Cc3ccccc3Cl)c(=O)[nH]2)C1. The van der Waals surface area contributed by atoms with Gasteiger partial charge in [-0.15, -0.1) is 5.10 Å². The number of nitrogens with one attached hydrogen (secondary N) is 1. The van der Waals surface area contributed by atoms with Crippen LogP contribution >= 0.6 is 11.6 Å². The van der Waals surface area contributed by atoms with E-state index < -0.39 is 0 Å². The molecule has 1 saturated heterocycles. The van der Waals surface area contributed by atoms with Crippen LogP contribution in [0.4, 0.5) is 0 Å². The van der Waals surface area contributed by atoms with Gasteiger partial charge in [0.25, 0.3) is 5.56 Å². The van der Waals surface area contributed by atoms with Crippen LogP contribution in [0.2, 0.25) is 5.02 Å². The number of nitrogens with zero attached hydrogens (tertiary/aromatic N) is 5. The number of aromatic nitrogens is 5. The van der Waals surface area contributed by atoms with E-state index in [0.29, 0.717) is 42.5 Å². The number of piperidine rings is 1. The molecule has 8 nitrogen and oxygen atoms in total. The van der Waals surface area contributed by atoms with Crippen LogP contribution in [0.5, 0.6) is 0 Å². The van der Waals surface area contributed by atoms with Gasteiger partial charge in [-0.1, -0.05) is 65.3 Å². The molecule has 1 amide bonds. The van der Waals surface area contributed by atoms with Gasteiger partial charge < -0.3 is 9.88 Å². The van der Waals surface area contributed by atoms with Crippen LogP contribution in [-0.4, -0.2) is 48.9 Å². The van der Waals surface area contributed by atoms with Crippen molar-refractivity contribution in [2.24, 2.45) is 0 Å². The van der Waals surface area contributed by atoms with E-state index in [1.807, 2.05) is 59.5 Å². The van der Waals surface area contributed by atoms with Crippen molar-refractivity contribution >= 4 is 28.7 Å². The molecule has 1 atom stereocenters. The lowest BCUT2D eigenvalue weighted by Crippen LogP contribution is -2.40. The van der Waals surface area contributed by atoms with E-state index in [-0.39, 0.29) is 22.9 Å². The van der Waals surface area contributed by atoms with Crippen molar-refractivity contribution < 1.29 is 4.79 Å². The lowest BCUT2D eigenvalue weighted by atomic mass is 9.96. The van der Waals surface area contributed by atoms with Gasteiger partial charge in [0.05, 0.1) is 13.0 Å². The molecule has 9 heteroatoms. The van der Waals surface area contributed by atoms with Crippen LogP contribution in [-0.2, 0) is 17.8 Å². The van der Waals surface area contributed by atoms with Crippen molar-refractivity contribution in [2.45, 2.75) is 31.7 Å². The van der Waals surface area contributed by atoms with Crippen LogP contribution in [0.1, 0.15) is 35.7 Å². The normalized spacial score (nSPS) is 16.3. The third-order valence-electron chi connectivity index (χ3n) is 6.03. The topological polar surface area (TPSA) is 96.8 Å². The number of halogens is 1. The summed E-state index contributed by atoms with van der Waals surface area (Å²) in [6, 6.07) is 17.2. The van der Waals surface area contributed by atoms with Gasteiger partial charge in [-0.25, -0.2) is 9.67 Å². The van der Waals surface area contributed by atoms with Gasteiger partial charge in [-0.05, 0) is 30.0 Å². The number of rotatable bonds is 5. The summed E-state index contributed by atoms with van der Waals surface area (Å²) in [7, 11) is 0. The predicted molar refractivity (Wildman–Crippen MR) is 125 cm³/mol. The molecule has 1 aliphatic heterocycles. The van der Waals surface area contributed by atoms with Crippen molar-refractivity contribution in [2.75, 3.05) is 13.1 Å². The zero-order valence-corrected chi connectivity index (χ0v) is 18.7. The van der Waals surface area contributed by atoms with Gasteiger partial charge in [0.1, 0.15) is 5.82 Å². The first-order valence-electron chi connectivity index (χ1n) is 11.0. The fourth-order valence-electron chi connectivity index (χ4n) is 4.28. The van der Waals surface area contributed by atoms with Gasteiger partial charge >= 0.3 is 0 Å². The number of fused-ring (bicyclic) bond motifs is 1. The van der Waals surface area contributed by atoms with Crippen molar-refractivity contribution in [3.05, 3.63) is 86.9 Å². The maximum absolute atomic E-state index is 12.9. The lowest BCUT2D eigenvalue weighted by Gasteiger charge is -2.32. The fourth-order valence-corrected chi connectivity index (χ4v) is 4.48. The molecule has 3 heterocycles. The fraction of sp³-hybridized carbons (Fsp3) is 0.292. The monoisotopic (exact) mass is 462 g/mol. The highest BCUT2D eigenvalue weighted by atomic mass is 35.5. The number of benzene rings is 2. The summed E-state index contributed by atoms with van der Waals surface area (Å²) in [6.45, 7) is 1.59. The first kappa shape index (κ1) is 21.3. The smallest absolute Gasteiger partial charge is 0.281 e. The number of aromatic amines is 1. The Labute approximate surface area is 195 Å². The van der Waals surface area contributed by atoms with Gasteiger partial charge in [0, 0.05) is 24.0 Å². The predicted octanol–water partition coefficient (Wildman–Crippen LogP) is 3.17. The third kappa shape index (κ3) is 4.52. The minimum Gasteiger partial charge on any atom is -0.342 e. The number of likely N-dealkylation sites (tertiary alicyclic amines) is 1. The third-order valence-corrected chi connectivity index (χ3v) is 6.40. The largest absolute Gasteiger partial charge is 0.342 e. The van der Waals surface area contributed by atoms with E-state index in [9.17, 15) is 9.59 Å². The quantitative estimate of drug-likeness (QED) is 0.491. The van der Waals surface area contributed by atoms with Crippen molar-refractivity contribution in [3.8, 4) is 0 Å². The highest BCUT2D eigenvalue weighted by Gasteiger charge is 2.27.